The van der Waals surface area contributed by atoms with Crippen LogP contribution in [0.2, 0.25) is 0 Å². The minimum atomic E-state index is -1.02. The van der Waals surface area contributed by atoms with Crippen molar-refractivity contribution in [1.29, 1.82) is 0 Å². The van der Waals surface area contributed by atoms with Crippen LogP contribution in [0.25, 0.3) is 10.8 Å². The fourth-order valence-corrected chi connectivity index (χ4v) is 2.25. The van der Waals surface area contributed by atoms with Gasteiger partial charge in [0.2, 0.25) is 5.91 Å². The van der Waals surface area contributed by atoms with Crippen molar-refractivity contribution < 1.29 is 14.7 Å². The maximum Gasteiger partial charge on any atom is 0.326 e. The van der Waals surface area contributed by atoms with E-state index in [2.05, 4.69) is 5.32 Å². The van der Waals surface area contributed by atoms with Crippen molar-refractivity contribution in [3.8, 4) is 0 Å². The van der Waals surface area contributed by atoms with Gasteiger partial charge in [-0.25, -0.2) is 4.79 Å². The summed E-state index contributed by atoms with van der Waals surface area (Å²) >= 11 is 1.91. The fraction of sp³-hybridized carbons (Fsp3) is 0.200. The summed E-state index contributed by atoms with van der Waals surface area (Å²) in [5.74, 6) is -1.28. The van der Waals surface area contributed by atoms with Crippen molar-refractivity contribution in [2.75, 3.05) is 4.43 Å². The minimum absolute atomic E-state index is 0.249. The van der Waals surface area contributed by atoms with Gasteiger partial charge < -0.3 is 10.4 Å². The number of carbonyl (C=O) groups excluding carboxylic acids is 1. The van der Waals surface area contributed by atoms with Gasteiger partial charge >= 0.3 is 5.97 Å². The molecule has 2 aromatic carbocycles. The largest absolute Gasteiger partial charge is 0.480 e. The number of aliphatic carboxylic acids is 1. The summed E-state index contributed by atoms with van der Waals surface area (Å²) in [7, 11) is 0. The van der Waals surface area contributed by atoms with Crippen molar-refractivity contribution >= 4 is 45.2 Å². The summed E-state index contributed by atoms with van der Waals surface area (Å²) < 4.78 is 0.249. The summed E-state index contributed by atoms with van der Waals surface area (Å²) in [5.41, 5.74) is 0.893. The highest BCUT2D eigenvalue weighted by Gasteiger charge is 2.19. The zero-order valence-corrected chi connectivity index (χ0v) is 12.8. The Kier molecular flexibility index (Phi) is 4.94. The van der Waals surface area contributed by atoms with Crippen molar-refractivity contribution in [2.24, 2.45) is 0 Å². The minimum Gasteiger partial charge on any atom is -0.480 e. The van der Waals surface area contributed by atoms with Gasteiger partial charge in [-0.3, -0.25) is 4.79 Å². The first-order chi connectivity index (χ1) is 9.60. The Hall–Kier alpha value is -1.63. The summed E-state index contributed by atoms with van der Waals surface area (Å²) in [4.78, 5) is 22.5. The number of fused-ring (bicyclic) bond motifs is 1. The Morgan fingerprint density at radius 1 is 1.15 bits per heavy atom. The molecule has 0 saturated heterocycles. The van der Waals surface area contributed by atoms with E-state index in [0.717, 1.165) is 16.3 Å². The molecule has 0 heterocycles. The summed E-state index contributed by atoms with van der Waals surface area (Å²) in [6.07, 6.45) is 0.280. The maximum absolute atomic E-state index is 11.3. The average Bonchev–Trinajstić information content (AvgIpc) is 2.46. The van der Waals surface area contributed by atoms with E-state index in [4.69, 9.17) is 0 Å². The molecule has 2 rings (SSSR count). The lowest BCUT2D eigenvalue weighted by molar-refractivity contribution is -0.141. The van der Waals surface area contributed by atoms with E-state index in [1.807, 2.05) is 65.1 Å². The molecule has 5 heteroatoms. The second-order valence-electron chi connectivity index (χ2n) is 4.48. The highest BCUT2D eigenvalue weighted by Crippen LogP contribution is 2.16. The van der Waals surface area contributed by atoms with Crippen LogP contribution in [-0.4, -0.2) is 27.5 Å². The Labute approximate surface area is 130 Å². The molecule has 2 aromatic rings. The number of alkyl halides is 1. The fourth-order valence-electron chi connectivity index (χ4n) is 2.03. The van der Waals surface area contributed by atoms with Gasteiger partial charge in [-0.05, 0) is 16.3 Å². The molecule has 1 amide bonds. The van der Waals surface area contributed by atoms with E-state index in [1.165, 1.54) is 0 Å². The van der Waals surface area contributed by atoms with E-state index in [0.29, 0.717) is 0 Å². The maximum atomic E-state index is 11.3. The third-order valence-electron chi connectivity index (χ3n) is 3.01. The number of carboxylic acid groups (broad SMARTS) is 1. The molecule has 2 N–H and O–H groups in total. The number of carbonyl (C=O) groups is 2. The quantitative estimate of drug-likeness (QED) is 0.616. The van der Waals surface area contributed by atoms with Crippen LogP contribution in [0.5, 0.6) is 0 Å². The monoisotopic (exact) mass is 383 g/mol. The summed E-state index contributed by atoms with van der Waals surface area (Å²) in [6.45, 7) is 0. The number of hydrogen-bond donors (Lipinski definition) is 2. The summed E-state index contributed by atoms with van der Waals surface area (Å²) in [5, 5.41) is 13.9. The van der Waals surface area contributed by atoms with E-state index >= 15 is 0 Å². The van der Waals surface area contributed by atoms with E-state index in [-0.39, 0.29) is 16.8 Å². The van der Waals surface area contributed by atoms with E-state index < -0.39 is 12.0 Å². The molecule has 0 aliphatic heterocycles. The Bertz CT molecular complexity index is 642. The Morgan fingerprint density at radius 3 is 2.50 bits per heavy atom. The number of carboxylic acids is 1. The summed E-state index contributed by atoms with van der Waals surface area (Å²) in [6, 6.07) is 12.8. The zero-order chi connectivity index (χ0) is 14.5. The molecule has 104 valence electrons. The Morgan fingerprint density at radius 2 is 1.85 bits per heavy atom. The van der Waals surface area contributed by atoms with Gasteiger partial charge in [0.05, 0.1) is 4.43 Å². The lowest BCUT2D eigenvalue weighted by atomic mass is 10.0. The third-order valence-corrected chi connectivity index (χ3v) is 3.70. The topological polar surface area (TPSA) is 66.4 Å². The highest BCUT2D eigenvalue weighted by atomic mass is 127. The highest BCUT2D eigenvalue weighted by molar-refractivity contribution is 14.1. The second kappa shape index (κ2) is 6.69. The number of nitrogens with one attached hydrogen (secondary N) is 1. The molecule has 4 nitrogen and oxygen atoms in total. The van der Waals surface area contributed by atoms with Crippen molar-refractivity contribution in [1.82, 2.24) is 5.32 Å². The lowest BCUT2D eigenvalue weighted by Crippen LogP contribution is -2.42. The van der Waals surface area contributed by atoms with Gasteiger partial charge in [0.25, 0.3) is 0 Å². The second-order valence-corrected chi connectivity index (χ2v) is 5.24. The molecular formula is C15H14INO3. The molecule has 0 aliphatic rings. The molecule has 0 spiro atoms. The van der Waals surface area contributed by atoms with Gasteiger partial charge in [-0.15, -0.1) is 0 Å². The van der Waals surface area contributed by atoms with Gasteiger partial charge in [-0.1, -0.05) is 65.1 Å². The van der Waals surface area contributed by atoms with Crippen LogP contribution in [0.15, 0.2) is 42.5 Å². The van der Waals surface area contributed by atoms with Gasteiger partial charge in [0.1, 0.15) is 6.04 Å². The van der Waals surface area contributed by atoms with Gasteiger partial charge in [-0.2, -0.15) is 0 Å². The SMILES string of the molecule is O=C(CI)N[C@@H](Cc1ccc2ccccc2c1)C(=O)O. The molecule has 0 aliphatic carbocycles. The van der Waals surface area contributed by atoms with Crippen molar-refractivity contribution in [2.45, 2.75) is 12.5 Å². The first-order valence-electron chi connectivity index (χ1n) is 6.16. The number of benzene rings is 2. The van der Waals surface area contributed by atoms with Crippen LogP contribution in [-0.2, 0) is 16.0 Å². The van der Waals surface area contributed by atoms with Crippen LogP contribution in [0, 0.1) is 0 Å². The molecule has 20 heavy (non-hydrogen) atoms. The molecule has 0 radical (unpaired) electrons. The van der Waals surface area contributed by atoms with Crippen LogP contribution < -0.4 is 5.32 Å². The van der Waals surface area contributed by atoms with Gasteiger partial charge in [0.15, 0.2) is 0 Å². The third kappa shape index (κ3) is 3.69. The average molecular weight is 383 g/mol. The zero-order valence-electron chi connectivity index (χ0n) is 10.7. The van der Waals surface area contributed by atoms with Crippen LogP contribution >= 0.6 is 22.6 Å². The molecule has 0 aromatic heterocycles. The molecule has 1 atom stereocenters. The van der Waals surface area contributed by atoms with Crippen LogP contribution in [0.1, 0.15) is 5.56 Å². The molecule has 0 unspecified atom stereocenters. The van der Waals surface area contributed by atoms with E-state index in [1.54, 1.807) is 0 Å². The predicted octanol–water partition coefficient (Wildman–Crippen LogP) is 2.39. The standard InChI is InChI=1S/C15H14INO3/c16-9-14(18)17-13(15(19)20)8-10-5-6-11-3-1-2-4-12(11)7-10/h1-7,13H,8-9H2,(H,17,18)(H,19,20)/t13-/m0/s1. The normalized spacial score (nSPS) is 12.1. The molecule has 0 bridgehead atoms. The predicted molar refractivity (Wildman–Crippen MR) is 86.1 cm³/mol. The van der Waals surface area contributed by atoms with Crippen LogP contribution in [0.4, 0.5) is 0 Å². The van der Waals surface area contributed by atoms with Crippen molar-refractivity contribution in [3.05, 3.63) is 48.0 Å². The first kappa shape index (κ1) is 14.8. The van der Waals surface area contributed by atoms with Crippen LogP contribution in [0.3, 0.4) is 0 Å². The van der Waals surface area contributed by atoms with Crippen molar-refractivity contribution in [3.63, 3.8) is 0 Å². The van der Waals surface area contributed by atoms with Gasteiger partial charge in [0, 0.05) is 6.42 Å². The Balaban J connectivity index is 2.19. The molecule has 0 fully saturated rings. The molecule has 0 saturated carbocycles. The van der Waals surface area contributed by atoms with E-state index in [9.17, 15) is 14.7 Å². The lowest BCUT2D eigenvalue weighted by Gasteiger charge is -2.14. The molecular weight excluding hydrogens is 369 g/mol. The number of halogens is 1. The number of rotatable bonds is 5. The first-order valence-corrected chi connectivity index (χ1v) is 7.68. The number of amides is 1. The smallest absolute Gasteiger partial charge is 0.326 e. The number of hydrogen-bond acceptors (Lipinski definition) is 2.